The lowest BCUT2D eigenvalue weighted by atomic mass is 10.1. The molecule has 1 aromatic carbocycles. The van der Waals surface area contributed by atoms with Crippen LogP contribution in [-0.2, 0) is 0 Å². The van der Waals surface area contributed by atoms with E-state index in [-0.39, 0.29) is 11.6 Å². The molecule has 0 bridgehead atoms. The summed E-state index contributed by atoms with van der Waals surface area (Å²) >= 11 is 0. The quantitative estimate of drug-likeness (QED) is 0.823. The first-order valence-corrected chi connectivity index (χ1v) is 6.07. The number of likely N-dealkylation sites (N-methyl/N-ethyl adjacent to an activating group) is 1. The molecule has 4 nitrogen and oxygen atoms in total. The Labute approximate surface area is 106 Å². The topological polar surface area (TPSA) is 72.3 Å². The zero-order valence-electron chi connectivity index (χ0n) is 10.4. The highest BCUT2D eigenvalue weighted by Crippen LogP contribution is 2.37. The molecule has 1 aliphatic rings. The van der Waals surface area contributed by atoms with Crippen molar-refractivity contribution in [2.75, 3.05) is 18.5 Å². The molecule has 0 heterocycles. The monoisotopic (exact) mass is 251 g/mol. The van der Waals surface area contributed by atoms with E-state index in [4.69, 9.17) is 11.5 Å². The highest BCUT2D eigenvalue weighted by Gasteiger charge is 2.34. The Hall–Kier alpha value is -1.62. The van der Waals surface area contributed by atoms with Crippen LogP contribution in [0.4, 0.5) is 10.1 Å². The molecule has 1 aliphatic carbocycles. The predicted octanol–water partition coefficient (Wildman–Crippen LogP) is 1.10. The number of benzene rings is 1. The maximum absolute atomic E-state index is 13.7. The van der Waals surface area contributed by atoms with Gasteiger partial charge in [-0.3, -0.25) is 4.79 Å². The van der Waals surface area contributed by atoms with Gasteiger partial charge in [-0.05, 0) is 30.9 Å². The lowest BCUT2D eigenvalue weighted by Crippen LogP contribution is -2.40. The van der Waals surface area contributed by atoms with Crippen molar-refractivity contribution >= 4 is 11.6 Å². The number of carbonyl (C=O) groups excluding carboxylic acids is 1. The standard InChI is InChI=1S/C13H18FN3O/c1-17(11(7-15)8-5-6-8)10-4-2-3-9(14)12(10)13(16)18/h2-4,8,11H,5-7,15H2,1H3,(H2,16,18). The van der Waals surface area contributed by atoms with Gasteiger partial charge in [0.1, 0.15) is 5.82 Å². The van der Waals surface area contributed by atoms with Gasteiger partial charge in [0.2, 0.25) is 0 Å². The van der Waals surface area contributed by atoms with E-state index in [1.54, 1.807) is 12.1 Å². The van der Waals surface area contributed by atoms with Crippen LogP contribution in [0, 0.1) is 11.7 Å². The number of carbonyl (C=O) groups is 1. The van der Waals surface area contributed by atoms with Crippen molar-refractivity contribution in [1.82, 2.24) is 0 Å². The normalized spacial score (nSPS) is 16.4. The van der Waals surface area contributed by atoms with Crippen LogP contribution < -0.4 is 16.4 Å². The summed E-state index contributed by atoms with van der Waals surface area (Å²) in [6, 6.07) is 4.65. The van der Waals surface area contributed by atoms with Gasteiger partial charge in [-0.25, -0.2) is 4.39 Å². The van der Waals surface area contributed by atoms with Crippen molar-refractivity contribution in [3.05, 3.63) is 29.6 Å². The van der Waals surface area contributed by atoms with Crippen LogP contribution in [0.5, 0.6) is 0 Å². The van der Waals surface area contributed by atoms with E-state index in [1.807, 2.05) is 11.9 Å². The fourth-order valence-corrected chi connectivity index (χ4v) is 2.38. The minimum Gasteiger partial charge on any atom is -0.369 e. The van der Waals surface area contributed by atoms with E-state index >= 15 is 0 Å². The van der Waals surface area contributed by atoms with Gasteiger partial charge in [-0.1, -0.05) is 6.07 Å². The van der Waals surface area contributed by atoms with E-state index in [0.29, 0.717) is 18.2 Å². The van der Waals surface area contributed by atoms with Gasteiger partial charge >= 0.3 is 0 Å². The largest absolute Gasteiger partial charge is 0.369 e. The highest BCUT2D eigenvalue weighted by atomic mass is 19.1. The van der Waals surface area contributed by atoms with Gasteiger partial charge in [0.25, 0.3) is 5.91 Å². The summed E-state index contributed by atoms with van der Waals surface area (Å²) in [7, 11) is 1.83. The van der Waals surface area contributed by atoms with Crippen molar-refractivity contribution in [3.63, 3.8) is 0 Å². The third-order valence-corrected chi connectivity index (χ3v) is 3.52. The number of primary amides is 1. The molecule has 0 aromatic heterocycles. The molecule has 98 valence electrons. The van der Waals surface area contributed by atoms with E-state index < -0.39 is 11.7 Å². The summed E-state index contributed by atoms with van der Waals surface area (Å²) in [4.78, 5) is 13.2. The molecule has 1 saturated carbocycles. The van der Waals surface area contributed by atoms with Crippen molar-refractivity contribution < 1.29 is 9.18 Å². The van der Waals surface area contributed by atoms with Gasteiger partial charge < -0.3 is 16.4 Å². The molecule has 1 aromatic rings. The number of nitrogens with two attached hydrogens (primary N) is 2. The van der Waals surface area contributed by atoms with Gasteiger partial charge in [0, 0.05) is 19.6 Å². The second-order valence-electron chi connectivity index (χ2n) is 4.75. The second-order valence-corrected chi connectivity index (χ2v) is 4.75. The van der Waals surface area contributed by atoms with E-state index in [0.717, 1.165) is 12.8 Å². The molecule has 0 radical (unpaired) electrons. The fraction of sp³-hybridized carbons (Fsp3) is 0.462. The Kier molecular flexibility index (Phi) is 3.52. The maximum Gasteiger partial charge on any atom is 0.253 e. The lowest BCUT2D eigenvalue weighted by Gasteiger charge is -2.30. The van der Waals surface area contributed by atoms with Gasteiger partial charge in [0.15, 0.2) is 0 Å². The number of hydrogen-bond donors (Lipinski definition) is 2. The summed E-state index contributed by atoms with van der Waals surface area (Å²) in [6.07, 6.45) is 2.26. The van der Waals surface area contributed by atoms with Crippen molar-refractivity contribution in [1.29, 1.82) is 0 Å². The summed E-state index contributed by atoms with van der Waals surface area (Å²) in [5.41, 5.74) is 11.5. The molecule has 1 unspecified atom stereocenters. The fourth-order valence-electron chi connectivity index (χ4n) is 2.38. The molecule has 0 spiro atoms. The van der Waals surface area contributed by atoms with Crippen LogP contribution >= 0.6 is 0 Å². The minimum atomic E-state index is -0.749. The molecule has 1 fully saturated rings. The first-order chi connectivity index (χ1) is 8.56. The SMILES string of the molecule is CN(c1cccc(F)c1C(N)=O)C(CN)C1CC1. The Balaban J connectivity index is 2.37. The van der Waals surface area contributed by atoms with Crippen LogP contribution in [-0.4, -0.2) is 25.5 Å². The maximum atomic E-state index is 13.7. The summed E-state index contributed by atoms with van der Waals surface area (Å²) in [6.45, 7) is 0.482. The van der Waals surface area contributed by atoms with Crippen molar-refractivity contribution in [2.24, 2.45) is 17.4 Å². The Morgan fingerprint density at radius 1 is 1.56 bits per heavy atom. The lowest BCUT2D eigenvalue weighted by molar-refractivity contribution is 0.0997. The minimum absolute atomic E-state index is 0.0564. The van der Waals surface area contributed by atoms with E-state index in [9.17, 15) is 9.18 Å². The summed E-state index contributed by atoms with van der Waals surface area (Å²) in [5, 5.41) is 0. The van der Waals surface area contributed by atoms with Crippen LogP contribution in [0.1, 0.15) is 23.2 Å². The van der Waals surface area contributed by atoms with Crippen molar-refractivity contribution in [2.45, 2.75) is 18.9 Å². The van der Waals surface area contributed by atoms with Crippen LogP contribution in [0.2, 0.25) is 0 Å². The number of amides is 1. The number of hydrogen-bond acceptors (Lipinski definition) is 3. The van der Waals surface area contributed by atoms with Crippen LogP contribution in [0.15, 0.2) is 18.2 Å². The first kappa shape index (κ1) is 12.8. The first-order valence-electron chi connectivity index (χ1n) is 6.07. The molecule has 1 atom stereocenters. The average Bonchev–Trinajstić information content (AvgIpc) is 3.13. The number of nitrogens with zero attached hydrogens (tertiary/aromatic N) is 1. The molecule has 0 saturated heterocycles. The Morgan fingerprint density at radius 2 is 2.22 bits per heavy atom. The summed E-state index contributed by atoms with van der Waals surface area (Å²) in [5.74, 6) is -0.802. The third kappa shape index (κ3) is 2.31. The number of rotatable bonds is 5. The zero-order chi connectivity index (χ0) is 13.3. The van der Waals surface area contributed by atoms with Crippen LogP contribution in [0.3, 0.4) is 0 Å². The molecule has 18 heavy (non-hydrogen) atoms. The Bertz CT molecular complexity index is 460. The van der Waals surface area contributed by atoms with Gasteiger partial charge in [0.05, 0.1) is 11.3 Å². The molecule has 4 N–H and O–H groups in total. The smallest absolute Gasteiger partial charge is 0.253 e. The van der Waals surface area contributed by atoms with E-state index in [1.165, 1.54) is 6.07 Å². The highest BCUT2D eigenvalue weighted by molar-refractivity contribution is 5.99. The molecule has 5 heteroatoms. The molecule has 0 aliphatic heterocycles. The summed E-state index contributed by atoms with van der Waals surface area (Å²) < 4.78 is 13.7. The second kappa shape index (κ2) is 4.94. The van der Waals surface area contributed by atoms with E-state index in [2.05, 4.69) is 0 Å². The molecule has 1 amide bonds. The number of anilines is 1. The van der Waals surface area contributed by atoms with Gasteiger partial charge in [-0.2, -0.15) is 0 Å². The third-order valence-electron chi connectivity index (χ3n) is 3.52. The van der Waals surface area contributed by atoms with Gasteiger partial charge in [-0.15, -0.1) is 0 Å². The van der Waals surface area contributed by atoms with Crippen LogP contribution in [0.25, 0.3) is 0 Å². The zero-order valence-corrected chi connectivity index (χ0v) is 10.4. The number of halogens is 1. The average molecular weight is 251 g/mol. The van der Waals surface area contributed by atoms with Crippen molar-refractivity contribution in [3.8, 4) is 0 Å². The molecule has 2 rings (SSSR count). The predicted molar refractivity (Wildman–Crippen MR) is 68.9 cm³/mol. The Morgan fingerprint density at radius 3 is 2.72 bits per heavy atom. The molecular weight excluding hydrogens is 233 g/mol. The molecular formula is C13H18FN3O.